The van der Waals surface area contributed by atoms with Gasteiger partial charge in [0.2, 0.25) is 0 Å². The summed E-state index contributed by atoms with van der Waals surface area (Å²) >= 11 is 1.57. The van der Waals surface area contributed by atoms with Gasteiger partial charge in [-0.3, -0.25) is 9.69 Å². The summed E-state index contributed by atoms with van der Waals surface area (Å²) < 4.78 is 0. The quantitative estimate of drug-likeness (QED) is 0.473. The van der Waals surface area contributed by atoms with E-state index in [-0.39, 0.29) is 11.8 Å². The number of piperidine rings is 1. The van der Waals surface area contributed by atoms with Crippen LogP contribution in [0, 0.1) is 0 Å². The number of amidine groups is 1. The highest BCUT2D eigenvalue weighted by molar-refractivity contribution is 7.12. The summed E-state index contributed by atoms with van der Waals surface area (Å²) in [5.41, 5.74) is 7.56. The van der Waals surface area contributed by atoms with Crippen LogP contribution in [-0.4, -0.2) is 48.2 Å². The molecule has 2 saturated heterocycles. The van der Waals surface area contributed by atoms with Crippen LogP contribution in [0.2, 0.25) is 0 Å². The molecule has 0 bridgehead atoms. The van der Waals surface area contributed by atoms with Gasteiger partial charge < -0.3 is 11.1 Å². The minimum Gasteiger partial charge on any atom is -0.383 e. The summed E-state index contributed by atoms with van der Waals surface area (Å²) in [6.45, 7) is 3.15. The molecular weight excluding hydrogens is 356 g/mol. The number of Topliss-reactive ketones (excluding diaryl/α,β-unsaturated/α-hetero) is 1. The normalized spacial score (nSPS) is 24.2. The van der Waals surface area contributed by atoms with E-state index in [4.69, 9.17) is 5.73 Å². The molecule has 4 rings (SSSR count). The van der Waals surface area contributed by atoms with Crippen LogP contribution in [0.15, 0.2) is 46.8 Å². The lowest BCUT2D eigenvalue weighted by Gasteiger charge is -2.34. The van der Waals surface area contributed by atoms with Crippen molar-refractivity contribution in [3.63, 3.8) is 0 Å². The van der Waals surface area contributed by atoms with Crippen molar-refractivity contribution in [2.24, 2.45) is 10.7 Å². The second-order valence-electron chi connectivity index (χ2n) is 7.27. The molecule has 2 unspecified atom stereocenters. The van der Waals surface area contributed by atoms with Crippen molar-refractivity contribution in [3.8, 4) is 0 Å². The van der Waals surface area contributed by atoms with Gasteiger partial charge >= 0.3 is 0 Å². The van der Waals surface area contributed by atoms with E-state index in [2.05, 4.69) is 15.2 Å². The van der Waals surface area contributed by atoms with Crippen LogP contribution in [0.3, 0.4) is 0 Å². The van der Waals surface area contributed by atoms with Gasteiger partial charge in [-0.1, -0.05) is 12.5 Å². The molecule has 3 heterocycles. The summed E-state index contributed by atoms with van der Waals surface area (Å²) in [5, 5.41) is 5.41. The van der Waals surface area contributed by atoms with E-state index in [9.17, 15) is 4.79 Å². The van der Waals surface area contributed by atoms with E-state index < -0.39 is 0 Å². The Balaban J connectivity index is 1.46. The summed E-state index contributed by atoms with van der Waals surface area (Å²) in [6, 6.07) is 11.6. The number of nitrogens with zero attached hydrogens (tertiary/aromatic N) is 2. The van der Waals surface area contributed by atoms with E-state index >= 15 is 0 Å². The highest BCUT2D eigenvalue weighted by Gasteiger charge is 2.37. The number of hydrogen-bond donors (Lipinski definition) is 2. The Bertz CT molecular complexity index is 794. The number of rotatable bonds is 5. The standard InChI is InChI=1S/C21H26N4OS/c22-21(18-5-4-14-27-18)24-16-8-6-15(7-9-16)20(26)19-17(10-11-23-19)25-12-2-1-3-13-25/h4-9,14,17,19,23H,1-3,10-13H2,(H2,22,24). The van der Waals surface area contributed by atoms with Crippen molar-refractivity contribution in [2.45, 2.75) is 37.8 Å². The van der Waals surface area contributed by atoms with Gasteiger partial charge in [0, 0.05) is 11.6 Å². The highest BCUT2D eigenvalue weighted by atomic mass is 32.1. The predicted molar refractivity (Wildman–Crippen MR) is 111 cm³/mol. The molecule has 0 saturated carbocycles. The van der Waals surface area contributed by atoms with Crippen LogP contribution >= 0.6 is 11.3 Å². The fraction of sp³-hybridized carbons (Fsp3) is 0.429. The number of likely N-dealkylation sites (tertiary alicyclic amines) is 1. The Morgan fingerprint density at radius 3 is 2.63 bits per heavy atom. The topological polar surface area (TPSA) is 70.7 Å². The molecule has 1 aromatic carbocycles. The maximum atomic E-state index is 13.1. The molecule has 6 heteroatoms. The number of aliphatic imine (C=N–C) groups is 1. The number of ketones is 1. The van der Waals surface area contributed by atoms with Crippen LogP contribution in [-0.2, 0) is 0 Å². The number of carbonyl (C=O) groups excluding carboxylic acids is 1. The fourth-order valence-electron chi connectivity index (χ4n) is 4.10. The molecule has 27 heavy (non-hydrogen) atoms. The molecule has 2 aromatic rings. The predicted octanol–water partition coefficient (Wildman–Crippen LogP) is 3.18. The van der Waals surface area contributed by atoms with Crippen LogP contribution in [0.4, 0.5) is 5.69 Å². The Hall–Kier alpha value is -2.02. The second-order valence-corrected chi connectivity index (χ2v) is 8.22. The average molecular weight is 383 g/mol. The van der Waals surface area contributed by atoms with Gasteiger partial charge in [0.1, 0.15) is 5.84 Å². The van der Waals surface area contributed by atoms with Crippen LogP contribution in [0.25, 0.3) is 0 Å². The Kier molecular flexibility index (Phi) is 5.66. The van der Waals surface area contributed by atoms with Gasteiger partial charge in [-0.05, 0) is 74.6 Å². The Morgan fingerprint density at radius 2 is 1.93 bits per heavy atom. The first-order valence-electron chi connectivity index (χ1n) is 9.72. The number of nitrogens with two attached hydrogens (primary N) is 1. The molecule has 1 aromatic heterocycles. The summed E-state index contributed by atoms with van der Waals surface area (Å²) in [4.78, 5) is 21.0. The molecule has 0 spiro atoms. The summed E-state index contributed by atoms with van der Waals surface area (Å²) in [6.07, 6.45) is 4.85. The number of hydrogen-bond acceptors (Lipinski definition) is 5. The highest BCUT2D eigenvalue weighted by Crippen LogP contribution is 2.24. The van der Waals surface area contributed by atoms with Gasteiger partial charge in [-0.25, -0.2) is 4.99 Å². The summed E-state index contributed by atoms with van der Waals surface area (Å²) in [7, 11) is 0. The zero-order valence-electron chi connectivity index (χ0n) is 15.4. The van der Waals surface area contributed by atoms with Crippen LogP contribution in [0.1, 0.15) is 40.9 Å². The lowest BCUT2D eigenvalue weighted by Crippen LogP contribution is -2.49. The maximum absolute atomic E-state index is 13.1. The third-order valence-electron chi connectivity index (χ3n) is 5.51. The van der Waals surface area contributed by atoms with Crippen molar-refractivity contribution >= 4 is 28.6 Å². The fourth-order valence-corrected chi connectivity index (χ4v) is 4.73. The molecule has 3 N–H and O–H groups in total. The molecule has 2 aliphatic rings. The van der Waals surface area contributed by atoms with Crippen molar-refractivity contribution in [1.29, 1.82) is 0 Å². The molecule has 5 nitrogen and oxygen atoms in total. The lowest BCUT2D eigenvalue weighted by molar-refractivity contribution is 0.0859. The van der Waals surface area contributed by atoms with Crippen molar-refractivity contribution in [3.05, 3.63) is 52.2 Å². The van der Waals surface area contributed by atoms with Crippen molar-refractivity contribution in [1.82, 2.24) is 10.2 Å². The van der Waals surface area contributed by atoms with Gasteiger partial charge in [0.25, 0.3) is 0 Å². The number of nitrogens with one attached hydrogen (secondary N) is 1. The Labute approximate surface area is 164 Å². The third kappa shape index (κ3) is 4.13. The Morgan fingerprint density at radius 1 is 1.15 bits per heavy atom. The van der Waals surface area contributed by atoms with Gasteiger partial charge in [0.05, 0.1) is 16.6 Å². The number of carbonyl (C=O) groups is 1. The van der Waals surface area contributed by atoms with Gasteiger partial charge in [-0.2, -0.15) is 0 Å². The third-order valence-corrected chi connectivity index (χ3v) is 6.40. The monoisotopic (exact) mass is 382 g/mol. The molecule has 0 radical (unpaired) electrons. The maximum Gasteiger partial charge on any atom is 0.181 e. The first kappa shape index (κ1) is 18.3. The van der Waals surface area contributed by atoms with Crippen molar-refractivity contribution in [2.75, 3.05) is 19.6 Å². The van der Waals surface area contributed by atoms with Crippen LogP contribution in [0.5, 0.6) is 0 Å². The number of benzene rings is 1. The van der Waals surface area contributed by atoms with E-state index in [0.717, 1.165) is 42.2 Å². The lowest BCUT2D eigenvalue weighted by atomic mass is 9.96. The first-order chi connectivity index (χ1) is 13.2. The number of thiophene rings is 1. The molecule has 0 aliphatic carbocycles. The van der Waals surface area contributed by atoms with Gasteiger partial charge in [-0.15, -0.1) is 11.3 Å². The first-order valence-corrected chi connectivity index (χ1v) is 10.6. The zero-order chi connectivity index (χ0) is 18.6. The molecule has 2 aliphatic heterocycles. The minimum absolute atomic E-state index is 0.103. The molecule has 2 atom stereocenters. The minimum atomic E-state index is -0.103. The van der Waals surface area contributed by atoms with Crippen LogP contribution < -0.4 is 11.1 Å². The van der Waals surface area contributed by atoms with Gasteiger partial charge in [0.15, 0.2) is 5.78 Å². The molecular formula is C21H26N4OS. The SMILES string of the molecule is NC(=Nc1ccc(C(=O)C2NCCC2N2CCCCC2)cc1)c1cccs1. The molecule has 142 valence electrons. The smallest absolute Gasteiger partial charge is 0.181 e. The molecule has 2 fully saturated rings. The average Bonchev–Trinajstić information content (AvgIpc) is 3.41. The van der Waals surface area contributed by atoms with E-state index in [1.54, 1.807) is 11.3 Å². The van der Waals surface area contributed by atoms with Crippen molar-refractivity contribution < 1.29 is 4.79 Å². The zero-order valence-corrected chi connectivity index (χ0v) is 16.3. The van der Waals surface area contributed by atoms with E-state index in [0.29, 0.717) is 11.9 Å². The van der Waals surface area contributed by atoms with E-state index in [1.807, 2.05) is 41.8 Å². The largest absolute Gasteiger partial charge is 0.383 e. The molecule has 0 amide bonds. The van der Waals surface area contributed by atoms with E-state index in [1.165, 1.54) is 19.3 Å². The second kappa shape index (κ2) is 8.33. The summed E-state index contributed by atoms with van der Waals surface area (Å²) in [5.74, 6) is 0.691.